The Bertz CT molecular complexity index is 928. The zero-order valence-electron chi connectivity index (χ0n) is 14.6. The van der Waals surface area contributed by atoms with Crippen LogP contribution >= 0.6 is 11.8 Å². The smallest absolute Gasteiger partial charge is 0.337 e. The van der Waals surface area contributed by atoms with Crippen LogP contribution in [0.1, 0.15) is 28.6 Å². The number of ether oxygens (including phenoxy) is 1. The number of imide groups is 1. The molecular formula is C19H17NO5S. The van der Waals surface area contributed by atoms with E-state index in [-0.39, 0.29) is 11.1 Å². The molecule has 1 aliphatic heterocycles. The fourth-order valence-corrected chi connectivity index (χ4v) is 3.54. The molecule has 0 atom stereocenters. The Morgan fingerprint density at radius 1 is 1.27 bits per heavy atom. The van der Waals surface area contributed by atoms with Crippen LogP contribution in [-0.4, -0.2) is 35.7 Å². The number of aryl methyl sites for hydroxylation is 1. The molecule has 0 aliphatic carbocycles. The second-order valence-electron chi connectivity index (χ2n) is 5.65. The van der Waals surface area contributed by atoms with Crippen LogP contribution in [0.25, 0.3) is 17.4 Å². The van der Waals surface area contributed by atoms with Crippen molar-refractivity contribution < 1.29 is 23.5 Å². The van der Waals surface area contributed by atoms with Crippen molar-refractivity contribution in [1.29, 1.82) is 0 Å². The lowest BCUT2D eigenvalue weighted by Gasteiger charge is -2.06. The molecule has 0 unspecified atom stereocenters. The van der Waals surface area contributed by atoms with Crippen molar-refractivity contribution in [2.24, 2.45) is 0 Å². The van der Waals surface area contributed by atoms with Gasteiger partial charge in [0, 0.05) is 18.2 Å². The van der Waals surface area contributed by atoms with E-state index in [0.29, 0.717) is 28.5 Å². The molecule has 1 fully saturated rings. The van der Waals surface area contributed by atoms with Crippen LogP contribution in [0.4, 0.5) is 4.79 Å². The standard InChI is InChI=1S/C19H17NO5S/c1-4-20-17(21)16(26-19(20)23)10-13-6-8-15(25-13)14-7-5-12(9-11(14)2)18(22)24-3/h5-10H,4H2,1-3H3/b16-10+. The van der Waals surface area contributed by atoms with Crippen LogP contribution in [0, 0.1) is 6.92 Å². The number of benzene rings is 1. The normalized spacial score (nSPS) is 15.8. The number of likely N-dealkylation sites (N-methyl/N-ethyl adjacent to an activating group) is 1. The zero-order chi connectivity index (χ0) is 18.8. The average Bonchev–Trinajstić information content (AvgIpc) is 3.19. The molecule has 134 valence electrons. The Hall–Kier alpha value is -2.80. The minimum atomic E-state index is -0.397. The van der Waals surface area contributed by atoms with E-state index in [0.717, 1.165) is 22.9 Å². The van der Waals surface area contributed by atoms with Gasteiger partial charge in [0.05, 0.1) is 17.6 Å². The van der Waals surface area contributed by atoms with Gasteiger partial charge in [0.1, 0.15) is 11.5 Å². The van der Waals surface area contributed by atoms with Crippen molar-refractivity contribution in [3.8, 4) is 11.3 Å². The van der Waals surface area contributed by atoms with Gasteiger partial charge in [-0.1, -0.05) is 6.07 Å². The first-order valence-corrected chi connectivity index (χ1v) is 8.80. The maximum Gasteiger partial charge on any atom is 0.337 e. The van der Waals surface area contributed by atoms with Crippen LogP contribution in [0.3, 0.4) is 0 Å². The van der Waals surface area contributed by atoms with Gasteiger partial charge in [-0.15, -0.1) is 0 Å². The molecule has 7 heteroatoms. The third-order valence-electron chi connectivity index (χ3n) is 4.00. The maximum atomic E-state index is 12.1. The molecule has 1 saturated heterocycles. The largest absolute Gasteiger partial charge is 0.465 e. The Kier molecular flexibility index (Phi) is 4.99. The lowest BCUT2D eigenvalue weighted by molar-refractivity contribution is -0.122. The van der Waals surface area contributed by atoms with Gasteiger partial charge in [0.2, 0.25) is 0 Å². The first-order valence-electron chi connectivity index (χ1n) is 7.99. The summed E-state index contributed by atoms with van der Waals surface area (Å²) in [4.78, 5) is 37.0. The lowest BCUT2D eigenvalue weighted by atomic mass is 10.0. The highest BCUT2D eigenvalue weighted by Crippen LogP contribution is 2.33. The van der Waals surface area contributed by atoms with Crippen molar-refractivity contribution in [3.63, 3.8) is 0 Å². The van der Waals surface area contributed by atoms with Crippen molar-refractivity contribution in [3.05, 3.63) is 52.1 Å². The number of esters is 1. The first kappa shape index (κ1) is 18.0. The van der Waals surface area contributed by atoms with Gasteiger partial charge < -0.3 is 9.15 Å². The highest BCUT2D eigenvalue weighted by molar-refractivity contribution is 8.18. The summed E-state index contributed by atoms with van der Waals surface area (Å²) in [6.07, 6.45) is 1.57. The molecule has 0 bridgehead atoms. The summed E-state index contributed by atoms with van der Waals surface area (Å²) >= 11 is 0.904. The molecule has 0 N–H and O–H groups in total. The predicted octanol–water partition coefficient (Wildman–Crippen LogP) is 4.10. The summed E-state index contributed by atoms with van der Waals surface area (Å²) in [5.74, 6) is 0.392. The van der Waals surface area contributed by atoms with E-state index in [1.807, 2.05) is 6.92 Å². The van der Waals surface area contributed by atoms with Gasteiger partial charge in [-0.3, -0.25) is 14.5 Å². The second kappa shape index (κ2) is 7.21. The highest BCUT2D eigenvalue weighted by Gasteiger charge is 2.33. The number of nitrogens with zero attached hydrogens (tertiary/aromatic N) is 1. The van der Waals surface area contributed by atoms with Crippen LogP contribution in [0.2, 0.25) is 0 Å². The van der Waals surface area contributed by atoms with Gasteiger partial charge >= 0.3 is 5.97 Å². The van der Waals surface area contributed by atoms with E-state index in [1.54, 1.807) is 43.3 Å². The summed E-state index contributed by atoms with van der Waals surface area (Å²) in [5.41, 5.74) is 2.16. The topological polar surface area (TPSA) is 76.8 Å². The van der Waals surface area contributed by atoms with E-state index >= 15 is 0 Å². The summed E-state index contributed by atoms with van der Waals surface area (Å²) in [6.45, 7) is 3.97. The summed E-state index contributed by atoms with van der Waals surface area (Å²) in [7, 11) is 1.34. The fourth-order valence-electron chi connectivity index (χ4n) is 2.66. The number of carbonyl (C=O) groups excluding carboxylic acids is 3. The van der Waals surface area contributed by atoms with Gasteiger partial charge in [0.25, 0.3) is 11.1 Å². The van der Waals surface area contributed by atoms with Gasteiger partial charge in [-0.25, -0.2) is 4.79 Å². The van der Waals surface area contributed by atoms with Crippen molar-refractivity contribution >= 4 is 35.0 Å². The third-order valence-corrected chi connectivity index (χ3v) is 4.91. The summed E-state index contributed by atoms with van der Waals surface area (Å²) in [6, 6.07) is 8.72. The summed E-state index contributed by atoms with van der Waals surface area (Å²) in [5, 5.41) is -0.273. The Balaban J connectivity index is 1.87. The Morgan fingerprint density at radius 2 is 2.04 bits per heavy atom. The first-order chi connectivity index (χ1) is 12.4. The molecule has 2 heterocycles. The fraction of sp³-hybridized carbons (Fsp3) is 0.211. The van der Waals surface area contributed by atoms with Crippen LogP contribution in [0.15, 0.2) is 39.7 Å². The number of methoxy groups -OCH3 is 1. The molecule has 0 radical (unpaired) electrons. The third kappa shape index (κ3) is 3.30. The number of hydrogen-bond acceptors (Lipinski definition) is 6. The molecule has 1 aromatic carbocycles. The summed E-state index contributed by atoms with van der Waals surface area (Å²) < 4.78 is 10.5. The molecule has 1 aliphatic rings. The minimum Gasteiger partial charge on any atom is -0.465 e. The van der Waals surface area contributed by atoms with Crippen LogP contribution < -0.4 is 0 Å². The van der Waals surface area contributed by atoms with Gasteiger partial charge in [-0.2, -0.15) is 0 Å². The van der Waals surface area contributed by atoms with E-state index in [2.05, 4.69) is 0 Å². The number of furan rings is 1. The van der Waals surface area contributed by atoms with E-state index in [4.69, 9.17) is 9.15 Å². The monoisotopic (exact) mass is 371 g/mol. The molecular weight excluding hydrogens is 354 g/mol. The lowest BCUT2D eigenvalue weighted by Crippen LogP contribution is -2.27. The predicted molar refractivity (Wildman–Crippen MR) is 98.6 cm³/mol. The highest BCUT2D eigenvalue weighted by atomic mass is 32.2. The number of thioether (sulfide) groups is 1. The van der Waals surface area contributed by atoms with Gasteiger partial charge in [-0.05, 0) is 55.4 Å². The number of hydrogen-bond donors (Lipinski definition) is 0. The minimum absolute atomic E-state index is 0.273. The molecule has 6 nitrogen and oxygen atoms in total. The zero-order valence-corrected chi connectivity index (χ0v) is 15.4. The van der Waals surface area contributed by atoms with Crippen LogP contribution in [-0.2, 0) is 9.53 Å². The number of rotatable bonds is 4. The van der Waals surface area contributed by atoms with Crippen molar-refractivity contribution in [2.45, 2.75) is 13.8 Å². The Labute approximate surface area is 154 Å². The Morgan fingerprint density at radius 3 is 2.65 bits per heavy atom. The van der Waals surface area contributed by atoms with Crippen LogP contribution in [0.5, 0.6) is 0 Å². The quantitative estimate of drug-likeness (QED) is 0.595. The molecule has 26 heavy (non-hydrogen) atoms. The van der Waals surface area contributed by atoms with E-state index in [1.165, 1.54) is 12.0 Å². The molecule has 0 spiro atoms. The molecule has 2 aromatic rings. The molecule has 1 aromatic heterocycles. The average molecular weight is 371 g/mol. The van der Waals surface area contributed by atoms with Gasteiger partial charge in [0.15, 0.2) is 0 Å². The second-order valence-corrected chi connectivity index (χ2v) is 6.64. The number of amides is 2. The molecule has 2 amide bonds. The molecule has 3 rings (SSSR count). The maximum absolute atomic E-state index is 12.1. The SMILES string of the molecule is CCN1C(=O)S/C(=C/c2ccc(-c3ccc(C(=O)OC)cc3C)o2)C1=O. The molecule has 0 saturated carbocycles. The van der Waals surface area contributed by atoms with Crippen molar-refractivity contribution in [1.82, 2.24) is 4.90 Å². The van der Waals surface area contributed by atoms with E-state index in [9.17, 15) is 14.4 Å². The number of carbonyl (C=O) groups is 3. The van der Waals surface area contributed by atoms with E-state index < -0.39 is 5.97 Å². The van der Waals surface area contributed by atoms with Crippen molar-refractivity contribution in [2.75, 3.05) is 13.7 Å².